The topological polar surface area (TPSA) is 58.8 Å². The highest BCUT2D eigenvalue weighted by atomic mass is 16.5. The Bertz CT molecular complexity index is 691. The lowest BCUT2D eigenvalue weighted by molar-refractivity contribution is -0.120. The molecule has 1 amide bonds. The van der Waals surface area contributed by atoms with Gasteiger partial charge in [0.05, 0.1) is 0 Å². The van der Waals surface area contributed by atoms with Gasteiger partial charge in [0.15, 0.2) is 18.0 Å². The van der Waals surface area contributed by atoms with E-state index >= 15 is 0 Å². The Labute approximate surface area is 128 Å². The van der Waals surface area contributed by atoms with Crippen LogP contribution in [-0.4, -0.2) is 48.7 Å². The molecule has 0 radical (unpaired) electrons. The van der Waals surface area contributed by atoms with E-state index in [0.29, 0.717) is 23.7 Å². The zero-order valence-electron chi connectivity index (χ0n) is 12.5. The number of ether oxygens (including phenoxy) is 1. The largest absolute Gasteiger partial charge is 0.483 e. The summed E-state index contributed by atoms with van der Waals surface area (Å²) in [5.41, 5.74) is 0.658. The van der Waals surface area contributed by atoms with Gasteiger partial charge in [0, 0.05) is 13.1 Å². The lowest BCUT2D eigenvalue weighted by Crippen LogP contribution is -2.42. The minimum Gasteiger partial charge on any atom is -0.483 e. The van der Waals surface area contributed by atoms with E-state index in [0.717, 1.165) is 25.0 Å². The summed E-state index contributed by atoms with van der Waals surface area (Å²) in [6.45, 7) is 3.77. The Balaban J connectivity index is 1.60. The van der Waals surface area contributed by atoms with Gasteiger partial charge < -0.3 is 14.2 Å². The van der Waals surface area contributed by atoms with Gasteiger partial charge in [-0.15, -0.1) is 0 Å². The zero-order chi connectivity index (χ0) is 14.9. The Morgan fingerprint density at radius 2 is 2.00 bits per heavy atom. The van der Waals surface area contributed by atoms with Crippen molar-refractivity contribution in [2.45, 2.75) is 19.3 Å². The molecule has 0 spiro atoms. The molecule has 0 aliphatic carbocycles. The van der Waals surface area contributed by atoms with Crippen LogP contribution in [0, 0.1) is 0 Å². The van der Waals surface area contributed by atoms with E-state index in [1.165, 1.54) is 19.3 Å². The standard InChI is InChI=1S/C16H19N3O3/c20-14-11-21-12-5-4-6-13-15(12)16(17-22-13)19(14)10-9-18-7-2-1-3-8-18/h4-6H,1-3,7-11H2. The first-order valence-electron chi connectivity index (χ1n) is 7.87. The first-order valence-corrected chi connectivity index (χ1v) is 7.87. The molecule has 6 nitrogen and oxygen atoms in total. The lowest BCUT2D eigenvalue weighted by atomic mass is 10.1. The third kappa shape index (κ3) is 2.33. The van der Waals surface area contributed by atoms with Crippen molar-refractivity contribution >= 4 is 22.7 Å². The molecule has 1 fully saturated rings. The van der Waals surface area contributed by atoms with E-state index in [-0.39, 0.29) is 12.5 Å². The van der Waals surface area contributed by atoms with Crippen LogP contribution < -0.4 is 9.64 Å². The number of hydrogen-bond acceptors (Lipinski definition) is 5. The molecule has 4 rings (SSSR count). The Morgan fingerprint density at radius 1 is 1.14 bits per heavy atom. The quantitative estimate of drug-likeness (QED) is 0.868. The normalized spacial score (nSPS) is 19.3. The SMILES string of the molecule is O=C1COc2cccc3onc(c23)N1CCN1CCCCC1. The van der Waals surface area contributed by atoms with Crippen molar-refractivity contribution in [3.05, 3.63) is 18.2 Å². The van der Waals surface area contributed by atoms with E-state index < -0.39 is 0 Å². The molecule has 1 saturated heterocycles. The molecule has 2 aliphatic rings. The van der Waals surface area contributed by atoms with Crippen LogP contribution in [0.5, 0.6) is 5.75 Å². The van der Waals surface area contributed by atoms with Gasteiger partial charge in [0.2, 0.25) is 0 Å². The van der Waals surface area contributed by atoms with Crippen LogP contribution in [0.4, 0.5) is 5.82 Å². The first kappa shape index (κ1) is 13.6. The number of carbonyl (C=O) groups is 1. The van der Waals surface area contributed by atoms with Crippen molar-refractivity contribution in [1.29, 1.82) is 0 Å². The fourth-order valence-corrected chi connectivity index (χ4v) is 3.24. The van der Waals surface area contributed by atoms with E-state index in [2.05, 4.69) is 10.1 Å². The molecule has 116 valence electrons. The smallest absolute Gasteiger partial charge is 0.266 e. The summed E-state index contributed by atoms with van der Waals surface area (Å²) in [5, 5.41) is 4.91. The predicted octanol–water partition coefficient (Wildman–Crippen LogP) is 2.04. The van der Waals surface area contributed by atoms with Crippen LogP contribution in [0.25, 0.3) is 11.0 Å². The van der Waals surface area contributed by atoms with E-state index in [1.54, 1.807) is 4.90 Å². The number of anilines is 1. The van der Waals surface area contributed by atoms with E-state index in [9.17, 15) is 4.79 Å². The maximum absolute atomic E-state index is 12.4. The summed E-state index contributed by atoms with van der Waals surface area (Å²) >= 11 is 0. The third-order valence-electron chi connectivity index (χ3n) is 4.44. The number of likely N-dealkylation sites (tertiary alicyclic amines) is 1. The number of aromatic nitrogens is 1. The lowest BCUT2D eigenvalue weighted by Gasteiger charge is -2.28. The average Bonchev–Trinajstić information content (AvgIpc) is 2.93. The van der Waals surface area contributed by atoms with Gasteiger partial charge in [-0.1, -0.05) is 17.6 Å². The van der Waals surface area contributed by atoms with Gasteiger partial charge in [-0.3, -0.25) is 9.69 Å². The summed E-state index contributed by atoms with van der Waals surface area (Å²) in [6.07, 6.45) is 3.80. The minimum absolute atomic E-state index is 0.0511. The number of hydrogen-bond donors (Lipinski definition) is 0. The van der Waals surface area contributed by atoms with Gasteiger partial charge in [-0.05, 0) is 38.1 Å². The summed E-state index contributed by atoms with van der Waals surface area (Å²) in [7, 11) is 0. The number of amides is 1. The minimum atomic E-state index is -0.0663. The average molecular weight is 301 g/mol. The Morgan fingerprint density at radius 3 is 2.86 bits per heavy atom. The van der Waals surface area contributed by atoms with Crippen LogP contribution in [-0.2, 0) is 4.79 Å². The molecule has 1 aromatic heterocycles. The second kappa shape index (κ2) is 5.61. The molecule has 0 saturated carbocycles. The molecule has 6 heteroatoms. The van der Waals surface area contributed by atoms with Crippen molar-refractivity contribution in [1.82, 2.24) is 10.1 Å². The number of nitrogens with zero attached hydrogens (tertiary/aromatic N) is 3. The highest BCUT2D eigenvalue weighted by Crippen LogP contribution is 2.36. The molecule has 0 atom stereocenters. The van der Waals surface area contributed by atoms with Crippen LogP contribution in [0.2, 0.25) is 0 Å². The molecule has 2 aliphatic heterocycles. The van der Waals surface area contributed by atoms with Crippen LogP contribution >= 0.6 is 0 Å². The monoisotopic (exact) mass is 301 g/mol. The number of carbonyl (C=O) groups excluding carboxylic acids is 1. The van der Waals surface area contributed by atoms with Crippen LogP contribution in [0.1, 0.15) is 19.3 Å². The van der Waals surface area contributed by atoms with Crippen molar-refractivity contribution in [3.8, 4) is 5.75 Å². The third-order valence-corrected chi connectivity index (χ3v) is 4.44. The van der Waals surface area contributed by atoms with Gasteiger partial charge in [0.1, 0.15) is 11.1 Å². The fraction of sp³-hybridized carbons (Fsp3) is 0.500. The van der Waals surface area contributed by atoms with Crippen LogP contribution in [0.3, 0.4) is 0 Å². The van der Waals surface area contributed by atoms with Crippen molar-refractivity contribution in [2.24, 2.45) is 0 Å². The Kier molecular flexibility index (Phi) is 3.46. The second-order valence-electron chi connectivity index (χ2n) is 5.87. The molecule has 0 unspecified atom stereocenters. The molecule has 1 aromatic carbocycles. The van der Waals surface area contributed by atoms with Crippen molar-refractivity contribution in [2.75, 3.05) is 37.7 Å². The van der Waals surface area contributed by atoms with E-state index in [4.69, 9.17) is 9.26 Å². The molecule has 0 N–H and O–H groups in total. The molecule has 3 heterocycles. The molecular weight excluding hydrogens is 282 g/mol. The van der Waals surface area contributed by atoms with Crippen molar-refractivity contribution in [3.63, 3.8) is 0 Å². The summed E-state index contributed by atoms with van der Waals surface area (Å²) in [5.74, 6) is 1.19. The number of rotatable bonds is 3. The van der Waals surface area contributed by atoms with Gasteiger partial charge in [-0.2, -0.15) is 0 Å². The highest BCUT2D eigenvalue weighted by molar-refractivity contribution is 6.05. The highest BCUT2D eigenvalue weighted by Gasteiger charge is 2.28. The first-order chi connectivity index (χ1) is 10.8. The fourth-order valence-electron chi connectivity index (χ4n) is 3.24. The number of piperidine rings is 1. The predicted molar refractivity (Wildman–Crippen MR) is 82.1 cm³/mol. The Hall–Kier alpha value is -2.08. The molecule has 22 heavy (non-hydrogen) atoms. The van der Waals surface area contributed by atoms with Gasteiger partial charge >= 0.3 is 0 Å². The van der Waals surface area contributed by atoms with Gasteiger partial charge in [-0.25, -0.2) is 0 Å². The maximum Gasteiger partial charge on any atom is 0.266 e. The molecule has 0 bridgehead atoms. The second-order valence-corrected chi connectivity index (χ2v) is 5.87. The maximum atomic E-state index is 12.4. The van der Waals surface area contributed by atoms with Crippen molar-refractivity contribution < 1.29 is 14.1 Å². The van der Waals surface area contributed by atoms with E-state index in [1.807, 2.05) is 18.2 Å². The summed E-state index contributed by atoms with van der Waals surface area (Å²) in [4.78, 5) is 16.5. The van der Waals surface area contributed by atoms with Gasteiger partial charge in [0.25, 0.3) is 5.91 Å². The summed E-state index contributed by atoms with van der Waals surface area (Å²) in [6, 6.07) is 5.54. The number of benzene rings is 1. The zero-order valence-corrected chi connectivity index (χ0v) is 12.5. The molecular formula is C16H19N3O3. The summed E-state index contributed by atoms with van der Waals surface area (Å²) < 4.78 is 11.0. The molecule has 2 aromatic rings. The van der Waals surface area contributed by atoms with Crippen LogP contribution in [0.15, 0.2) is 22.7 Å².